The number of amides is 2. The number of ether oxygens (including phenoxy) is 2. The van der Waals surface area contributed by atoms with Crippen molar-refractivity contribution < 1.29 is 14.3 Å². The van der Waals surface area contributed by atoms with E-state index in [0.29, 0.717) is 24.9 Å². The highest BCUT2D eigenvalue weighted by Gasteiger charge is 2.21. The van der Waals surface area contributed by atoms with Crippen LogP contribution in [0.15, 0.2) is 0 Å². The van der Waals surface area contributed by atoms with Crippen LogP contribution in [0.3, 0.4) is 0 Å². The summed E-state index contributed by atoms with van der Waals surface area (Å²) in [5.41, 5.74) is 0. The van der Waals surface area contributed by atoms with Gasteiger partial charge in [-0.15, -0.1) is 10.2 Å². The molecule has 0 aliphatic carbocycles. The third-order valence-electron chi connectivity index (χ3n) is 2.44. The van der Waals surface area contributed by atoms with Crippen molar-refractivity contribution in [1.29, 1.82) is 0 Å². The first kappa shape index (κ1) is 13.2. The molecule has 1 aliphatic heterocycles. The van der Waals surface area contributed by atoms with E-state index in [1.807, 2.05) is 6.92 Å². The number of likely N-dealkylation sites (N-methyl/N-ethyl adjacent to an activating group) is 1. The lowest BCUT2D eigenvalue weighted by Crippen LogP contribution is -2.37. The van der Waals surface area contributed by atoms with Gasteiger partial charge >= 0.3 is 6.03 Å². The fraction of sp³-hybridized carbons (Fsp3) is 0.700. The predicted molar refractivity (Wildman–Crippen MR) is 66.6 cm³/mol. The van der Waals surface area contributed by atoms with Crippen molar-refractivity contribution in [3.8, 4) is 0 Å². The Labute approximate surface area is 109 Å². The van der Waals surface area contributed by atoms with Gasteiger partial charge in [0.1, 0.15) is 5.01 Å². The van der Waals surface area contributed by atoms with Gasteiger partial charge in [-0.05, 0) is 6.42 Å². The van der Waals surface area contributed by atoms with E-state index in [1.54, 1.807) is 7.05 Å². The lowest BCUT2D eigenvalue weighted by molar-refractivity contribution is -0.0518. The molecule has 1 aromatic heterocycles. The van der Waals surface area contributed by atoms with Gasteiger partial charge in [-0.25, -0.2) is 4.79 Å². The van der Waals surface area contributed by atoms with Crippen LogP contribution in [0, 0.1) is 0 Å². The van der Waals surface area contributed by atoms with Crippen molar-refractivity contribution in [2.75, 3.05) is 32.1 Å². The van der Waals surface area contributed by atoms with Crippen LogP contribution in [-0.2, 0) is 15.9 Å². The number of aryl methyl sites for hydroxylation is 1. The Bertz CT molecular complexity index is 406. The van der Waals surface area contributed by atoms with E-state index < -0.39 is 0 Å². The molecule has 0 bridgehead atoms. The third-order valence-corrected chi connectivity index (χ3v) is 3.43. The Morgan fingerprint density at radius 2 is 2.22 bits per heavy atom. The van der Waals surface area contributed by atoms with E-state index >= 15 is 0 Å². The van der Waals surface area contributed by atoms with Crippen molar-refractivity contribution in [1.82, 2.24) is 15.1 Å². The number of urea groups is 1. The van der Waals surface area contributed by atoms with E-state index in [0.717, 1.165) is 11.4 Å². The van der Waals surface area contributed by atoms with Gasteiger partial charge in [-0.1, -0.05) is 18.3 Å². The van der Waals surface area contributed by atoms with Crippen molar-refractivity contribution in [3.05, 3.63) is 5.01 Å². The van der Waals surface area contributed by atoms with Gasteiger partial charge in [-0.3, -0.25) is 5.32 Å². The normalized spacial score (nSPS) is 15.9. The first-order valence-corrected chi connectivity index (χ1v) is 6.58. The molecule has 1 saturated heterocycles. The first-order chi connectivity index (χ1) is 8.69. The molecule has 0 radical (unpaired) electrons. The lowest BCUT2D eigenvalue weighted by Gasteiger charge is -2.19. The number of aromatic nitrogens is 2. The van der Waals surface area contributed by atoms with Gasteiger partial charge in [0.05, 0.1) is 19.8 Å². The van der Waals surface area contributed by atoms with Crippen LogP contribution in [0.25, 0.3) is 0 Å². The number of hydrogen-bond acceptors (Lipinski definition) is 6. The molecule has 1 aromatic rings. The number of carbonyl (C=O) groups excluding carboxylic acids is 1. The van der Waals surface area contributed by atoms with Crippen LogP contribution < -0.4 is 5.32 Å². The SMILES string of the molecule is CCc1nnc(NC(=O)N(C)CC2OCCO2)s1. The van der Waals surface area contributed by atoms with E-state index in [4.69, 9.17) is 9.47 Å². The summed E-state index contributed by atoms with van der Waals surface area (Å²) in [6.45, 7) is 3.55. The molecule has 2 rings (SSSR count). The molecule has 0 aromatic carbocycles. The van der Waals surface area contributed by atoms with Crippen LogP contribution >= 0.6 is 11.3 Å². The molecule has 0 saturated carbocycles. The second-order valence-electron chi connectivity index (χ2n) is 3.84. The number of nitrogens with one attached hydrogen (secondary N) is 1. The van der Waals surface area contributed by atoms with Crippen LogP contribution in [0.5, 0.6) is 0 Å². The van der Waals surface area contributed by atoms with Gasteiger partial charge in [0.25, 0.3) is 0 Å². The summed E-state index contributed by atoms with van der Waals surface area (Å²) in [5, 5.41) is 11.9. The summed E-state index contributed by atoms with van der Waals surface area (Å²) in [6, 6.07) is -0.243. The fourth-order valence-electron chi connectivity index (χ4n) is 1.45. The largest absolute Gasteiger partial charge is 0.348 e. The Kier molecular flexibility index (Phi) is 4.45. The van der Waals surface area contributed by atoms with Gasteiger partial charge in [0.2, 0.25) is 5.13 Å². The Hall–Kier alpha value is -1.25. The topological polar surface area (TPSA) is 76.6 Å². The molecule has 0 unspecified atom stereocenters. The molecule has 0 atom stereocenters. The maximum Gasteiger partial charge on any atom is 0.323 e. The van der Waals surface area contributed by atoms with Crippen LogP contribution in [0.4, 0.5) is 9.93 Å². The molecule has 1 aliphatic rings. The number of rotatable bonds is 4. The van der Waals surface area contributed by atoms with Crippen molar-refractivity contribution in [2.24, 2.45) is 0 Å². The number of carbonyl (C=O) groups is 1. The minimum Gasteiger partial charge on any atom is -0.348 e. The minimum atomic E-state index is -0.332. The standard InChI is InChI=1S/C10H16N4O3S/c1-3-7-12-13-9(18-7)11-10(15)14(2)6-8-16-4-5-17-8/h8H,3-6H2,1-2H3,(H,11,13,15). The fourth-order valence-corrected chi connectivity index (χ4v) is 2.12. The maximum atomic E-state index is 11.8. The summed E-state index contributed by atoms with van der Waals surface area (Å²) >= 11 is 1.38. The monoisotopic (exact) mass is 272 g/mol. The zero-order chi connectivity index (χ0) is 13.0. The Balaban J connectivity index is 1.82. The summed E-state index contributed by atoms with van der Waals surface area (Å²) in [5.74, 6) is 0. The van der Waals surface area contributed by atoms with E-state index in [1.165, 1.54) is 16.2 Å². The van der Waals surface area contributed by atoms with Gasteiger partial charge < -0.3 is 14.4 Å². The Morgan fingerprint density at radius 3 is 2.83 bits per heavy atom. The average Bonchev–Trinajstić information content (AvgIpc) is 3.00. The second kappa shape index (κ2) is 6.07. The molecule has 2 heterocycles. The highest BCUT2D eigenvalue weighted by Crippen LogP contribution is 2.16. The van der Waals surface area contributed by atoms with Crippen LogP contribution in [-0.4, -0.2) is 54.2 Å². The lowest BCUT2D eigenvalue weighted by atomic mass is 10.5. The summed E-state index contributed by atoms with van der Waals surface area (Å²) in [7, 11) is 1.68. The molecule has 7 nitrogen and oxygen atoms in total. The van der Waals surface area contributed by atoms with Crippen LogP contribution in [0.1, 0.15) is 11.9 Å². The molecular formula is C10H16N4O3S. The zero-order valence-electron chi connectivity index (χ0n) is 10.4. The Morgan fingerprint density at radius 1 is 1.50 bits per heavy atom. The highest BCUT2D eigenvalue weighted by atomic mass is 32.1. The molecule has 18 heavy (non-hydrogen) atoms. The van der Waals surface area contributed by atoms with E-state index in [9.17, 15) is 4.79 Å². The van der Waals surface area contributed by atoms with Crippen molar-refractivity contribution in [2.45, 2.75) is 19.6 Å². The quantitative estimate of drug-likeness (QED) is 0.882. The van der Waals surface area contributed by atoms with Gasteiger partial charge in [0.15, 0.2) is 6.29 Å². The zero-order valence-corrected chi connectivity index (χ0v) is 11.2. The average molecular weight is 272 g/mol. The second-order valence-corrected chi connectivity index (χ2v) is 4.90. The molecule has 2 amide bonds. The number of anilines is 1. The minimum absolute atomic E-state index is 0.243. The van der Waals surface area contributed by atoms with Crippen molar-refractivity contribution >= 4 is 22.5 Å². The molecule has 100 valence electrons. The molecule has 1 fully saturated rings. The van der Waals surface area contributed by atoms with Gasteiger partial charge in [0, 0.05) is 7.05 Å². The van der Waals surface area contributed by atoms with Gasteiger partial charge in [-0.2, -0.15) is 0 Å². The van der Waals surface area contributed by atoms with Crippen LogP contribution in [0.2, 0.25) is 0 Å². The van der Waals surface area contributed by atoms with E-state index in [-0.39, 0.29) is 12.3 Å². The molecule has 1 N–H and O–H groups in total. The molecule has 8 heteroatoms. The smallest absolute Gasteiger partial charge is 0.323 e. The van der Waals surface area contributed by atoms with Crippen molar-refractivity contribution in [3.63, 3.8) is 0 Å². The summed E-state index contributed by atoms with van der Waals surface area (Å²) in [6.07, 6.45) is 0.481. The summed E-state index contributed by atoms with van der Waals surface area (Å²) < 4.78 is 10.6. The maximum absolute atomic E-state index is 11.8. The first-order valence-electron chi connectivity index (χ1n) is 5.76. The summed E-state index contributed by atoms with van der Waals surface area (Å²) in [4.78, 5) is 13.3. The molecular weight excluding hydrogens is 256 g/mol. The number of nitrogens with zero attached hydrogens (tertiary/aromatic N) is 3. The predicted octanol–water partition coefficient (Wildman–Crippen LogP) is 0.937. The molecule has 0 spiro atoms. The van der Waals surface area contributed by atoms with E-state index in [2.05, 4.69) is 15.5 Å². The number of hydrogen-bond donors (Lipinski definition) is 1. The highest BCUT2D eigenvalue weighted by molar-refractivity contribution is 7.15. The third kappa shape index (κ3) is 3.37.